The lowest BCUT2D eigenvalue weighted by atomic mass is 10.0. The molecule has 148 valence electrons. The number of benzene rings is 1. The number of nitrogens with zero attached hydrogens (tertiary/aromatic N) is 7. The van der Waals surface area contributed by atoms with Gasteiger partial charge in [-0.25, -0.2) is 24.0 Å². The molecule has 1 aromatic carbocycles. The van der Waals surface area contributed by atoms with Crippen LogP contribution in [-0.4, -0.2) is 43.1 Å². The lowest BCUT2D eigenvalue weighted by Crippen LogP contribution is -2.35. The van der Waals surface area contributed by atoms with Gasteiger partial charge in [0.05, 0.1) is 37.1 Å². The summed E-state index contributed by atoms with van der Waals surface area (Å²) in [5, 5.41) is 4.21. The maximum absolute atomic E-state index is 14.3. The molecule has 0 saturated carbocycles. The smallest absolute Gasteiger partial charge is 0.165 e. The van der Waals surface area contributed by atoms with E-state index in [1.165, 1.54) is 6.07 Å². The van der Waals surface area contributed by atoms with Crippen LogP contribution in [0.5, 0.6) is 5.75 Å². The van der Waals surface area contributed by atoms with Gasteiger partial charge in [-0.3, -0.25) is 4.99 Å². The average Bonchev–Trinajstić information content (AvgIpc) is 3.34. The second kappa shape index (κ2) is 6.91. The second-order valence-electron chi connectivity index (χ2n) is 7.35. The molecule has 0 saturated heterocycles. The summed E-state index contributed by atoms with van der Waals surface area (Å²) in [5.74, 6) is 1.58. The summed E-state index contributed by atoms with van der Waals surface area (Å²) in [7, 11) is 0. The van der Waals surface area contributed by atoms with Gasteiger partial charge in [0.1, 0.15) is 24.3 Å². The number of hydrogen-bond donors (Lipinski definition) is 0. The van der Waals surface area contributed by atoms with Crippen molar-refractivity contribution in [3.8, 4) is 5.75 Å². The van der Waals surface area contributed by atoms with Crippen LogP contribution in [0.2, 0.25) is 0 Å². The largest absolute Gasteiger partial charge is 0.488 e. The van der Waals surface area contributed by atoms with E-state index >= 15 is 0 Å². The van der Waals surface area contributed by atoms with Crippen molar-refractivity contribution < 1.29 is 9.13 Å². The normalized spacial score (nSPS) is 15.3. The Labute approximate surface area is 167 Å². The van der Waals surface area contributed by atoms with Crippen LogP contribution in [-0.2, 0) is 19.6 Å². The fraction of sp³-hybridized carbons (Fsp3) is 0.350. The summed E-state index contributed by atoms with van der Waals surface area (Å²) in [6.45, 7) is 6.35. The molecular formula is C20H20FN7O. The molecule has 0 unspecified atom stereocenters. The molecule has 9 heteroatoms. The van der Waals surface area contributed by atoms with E-state index in [2.05, 4.69) is 29.9 Å². The van der Waals surface area contributed by atoms with Crippen molar-refractivity contribution in [3.05, 3.63) is 59.3 Å². The van der Waals surface area contributed by atoms with Gasteiger partial charge in [-0.05, 0) is 31.5 Å². The molecule has 0 bridgehead atoms. The second-order valence-corrected chi connectivity index (χ2v) is 7.35. The molecule has 0 radical (unpaired) electrons. The summed E-state index contributed by atoms with van der Waals surface area (Å²) in [5.41, 5.74) is 3.13. The van der Waals surface area contributed by atoms with Crippen molar-refractivity contribution in [1.29, 1.82) is 0 Å². The number of fused-ring (bicyclic) bond motifs is 2. The van der Waals surface area contributed by atoms with Gasteiger partial charge in [-0.2, -0.15) is 5.10 Å². The first-order valence-corrected chi connectivity index (χ1v) is 9.56. The Hall–Kier alpha value is -3.36. The molecular weight excluding hydrogens is 373 g/mol. The highest BCUT2D eigenvalue weighted by Gasteiger charge is 2.24. The van der Waals surface area contributed by atoms with Crippen molar-refractivity contribution in [1.82, 2.24) is 24.7 Å². The van der Waals surface area contributed by atoms with Gasteiger partial charge in [0.2, 0.25) is 0 Å². The summed E-state index contributed by atoms with van der Waals surface area (Å²) in [6, 6.07) is 5.15. The van der Waals surface area contributed by atoms with Crippen LogP contribution < -0.4 is 9.64 Å². The quantitative estimate of drug-likeness (QED) is 0.677. The van der Waals surface area contributed by atoms with Crippen molar-refractivity contribution in [2.24, 2.45) is 4.99 Å². The zero-order valence-corrected chi connectivity index (χ0v) is 16.2. The molecule has 5 rings (SSSR count). The fourth-order valence-electron chi connectivity index (χ4n) is 3.67. The Balaban J connectivity index is 1.46. The molecule has 0 N–H and O–H groups in total. The van der Waals surface area contributed by atoms with Crippen LogP contribution in [0.15, 0.2) is 35.8 Å². The number of aliphatic imine (C=N–C) groups is 1. The summed E-state index contributed by atoms with van der Waals surface area (Å²) < 4.78 is 21.8. The van der Waals surface area contributed by atoms with E-state index in [1.54, 1.807) is 18.7 Å². The Kier molecular flexibility index (Phi) is 4.22. The Morgan fingerprint density at radius 3 is 2.83 bits per heavy atom. The topological polar surface area (TPSA) is 81.3 Å². The number of hydrogen-bond acceptors (Lipinski definition) is 7. The number of anilines is 1. The monoisotopic (exact) mass is 393 g/mol. The first kappa shape index (κ1) is 17.7. The van der Waals surface area contributed by atoms with E-state index < -0.39 is 0 Å². The van der Waals surface area contributed by atoms with Crippen molar-refractivity contribution >= 4 is 11.5 Å². The SMILES string of the molecule is CC(C)Oc1cc2c(cc1F)CN=C2c1cc(N2CCn3ncnc3C2)ncn1. The lowest BCUT2D eigenvalue weighted by molar-refractivity contribution is 0.231. The molecule has 0 atom stereocenters. The van der Waals surface area contributed by atoms with Crippen LogP contribution in [0, 0.1) is 5.82 Å². The van der Waals surface area contributed by atoms with Gasteiger partial charge in [-0.15, -0.1) is 0 Å². The lowest BCUT2D eigenvalue weighted by Gasteiger charge is -2.27. The summed E-state index contributed by atoms with van der Waals surface area (Å²) in [6.07, 6.45) is 3.00. The van der Waals surface area contributed by atoms with E-state index in [4.69, 9.17) is 4.74 Å². The van der Waals surface area contributed by atoms with Gasteiger partial charge in [0.25, 0.3) is 0 Å². The van der Waals surface area contributed by atoms with Crippen molar-refractivity contribution in [2.45, 2.75) is 39.6 Å². The molecule has 3 aromatic rings. The van der Waals surface area contributed by atoms with Gasteiger partial charge >= 0.3 is 0 Å². The van der Waals surface area contributed by atoms with Crippen molar-refractivity contribution in [3.63, 3.8) is 0 Å². The number of rotatable bonds is 4. The summed E-state index contributed by atoms with van der Waals surface area (Å²) >= 11 is 0. The average molecular weight is 393 g/mol. The number of ether oxygens (including phenoxy) is 1. The molecule has 2 aliphatic rings. The number of halogens is 1. The Morgan fingerprint density at radius 2 is 1.97 bits per heavy atom. The highest BCUT2D eigenvalue weighted by atomic mass is 19.1. The van der Waals surface area contributed by atoms with Crippen molar-refractivity contribution in [2.75, 3.05) is 11.4 Å². The third-order valence-corrected chi connectivity index (χ3v) is 5.01. The fourth-order valence-corrected chi connectivity index (χ4v) is 3.67. The Bertz CT molecular complexity index is 1110. The van der Waals surface area contributed by atoms with E-state index in [0.29, 0.717) is 18.8 Å². The minimum absolute atomic E-state index is 0.115. The zero-order valence-electron chi connectivity index (χ0n) is 16.2. The predicted molar refractivity (Wildman–Crippen MR) is 105 cm³/mol. The maximum Gasteiger partial charge on any atom is 0.165 e. The van der Waals surface area contributed by atoms with Crippen LogP contribution >= 0.6 is 0 Å². The first-order valence-electron chi connectivity index (χ1n) is 9.56. The van der Waals surface area contributed by atoms with Gasteiger partial charge in [0, 0.05) is 18.2 Å². The van der Waals surface area contributed by atoms with Crippen LogP contribution in [0.3, 0.4) is 0 Å². The van der Waals surface area contributed by atoms with E-state index in [9.17, 15) is 4.39 Å². The zero-order chi connectivity index (χ0) is 20.0. The highest BCUT2D eigenvalue weighted by molar-refractivity contribution is 6.14. The molecule has 2 aliphatic heterocycles. The molecule has 29 heavy (non-hydrogen) atoms. The van der Waals surface area contributed by atoms with Crippen LogP contribution in [0.4, 0.5) is 10.2 Å². The maximum atomic E-state index is 14.3. The third-order valence-electron chi connectivity index (χ3n) is 5.01. The molecule has 0 fully saturated rings. The molecule has 0 aliphatic carbocycles. The van der Waals surface area contributed by atoms with E-state index in [-0.39, 0.29) is 17.7 Å². The van der Waals surface area contributed by atoms with Crippen LogP contribution in [0.25, 0.3) is 0 Å². The molecule has 8 nitrogen and oxygen atoms in total. The highest BCUT2D eigenvalue weighted by Crippen LogP contribution is 2.30. The van der Waals surface area contributed by atoms with E-state index in [1.807, 2.05) is 24.6 Å². The molecule has 2 aromatic heterocycles. The first-order chi connectivity index (χ1) is 14.1. The third kappa shape index (κ3) is 3.22. The molecule has 4 heterocycles. The van der Waals surface area contributed by atoms with Gasteiger partial charge in [-0.1, -0.05) is 0 Å². The summed E-state index contributed by atoms with van der Waals surface area (Å²) in [4.78, 5) is 19.9. The standard InChI is InChI=1S/C20H20FN7O/c1-12(2)29-17-6-14-13(5-15(17)21)8-22-20(14)16-7-18(24-10-23-16)27-3-4-28-19(9-27)25-11-26-28/h5-7,10-12H,3-4,8-9H2,1-2H3. The minimum Gasteiger partial charge on any atom is -0.488 e. The molecule has 0 spiro atoms. The van der Waals surface area contributed by atoms with Crippen LogP contribution in [0.1, 0.15) is 36.5 Å². The van der Waals surface area contributed by atoms with E-state index in [0.717, 1.165) is 41.6 Å². The number of aromatic nitrogens is 5. The predicted octanol–water partition coefficient (Wildman–Crippen LogP) is 2.37. The van der Waals surface area contributed by atoms with Gasteiger partial charge in [0.15, 0.2) is 11.6 Å². The minimum atomic E-state index is -0.366. The Morgan fingerprint density at radius 1 is 1.07 bits per heavy atom. The molecule has 0 amide bonds. The van der Waals surface area contributed by atoms with Gasteiger partial charge < -0.3 is 9.64 Å².